The number of aromatic nitrogens is 1. The van der Waals surface area contributed by atoms with E-state index in [0.29, 0.717) is 10.0 Å². The van der Waals surface area contributed by atoms with E-state index in [1.54, 1.807) is 6.07 Å². The van der Waals surface area contributed by atoms with Gasteiger partial charge < -0.3 is 5.73 Å². The summed E-state index contributed by atoms with van der Waals surface area (Å²) in [6.07, 6.45) is -1.24. The van der Waals surface area contributed by atoms with Gasteiger partial charge in [0.25, 0.3) is 6.43 Å². The number of rotatable bonds is 2. The molecule has 66 valence electrons. The molecule has 0 bridgehead atoms. The zero-order valence-corrected chi connectivity index (χ0v) is 7.68. The van der Waals surface area contributed by atoms with E-state index < -0.39 is 6.43 Å². The molecule has 1 heterocycles. The fourth-order valence-corrected chi connectivity index (χ4v) is 1.36. The lowest BCUT2D eigenvalue weighted by Crippen LogP contribution is -2.05. The SMILES string of the molecule is NCc1c(Br)ccnc1C(F)F. The van der Waals surface area contributed by atoms with Crippen LogP contribution in [0.2, 0.25) is 0 Å². The van der Waals surface area contributed by atoms with E-state index >= 15 is 0 Å². The Morgan fingerprint density at radius 2 is 2.25 bits per heavy atom. The normalized spacial score (nSPS) is 10.8. The molecule has 1 aromatic rings. The predicted molar refractivity (Wildman–Crippen MR) is 44.8 cm³/mol. The van der Waals surface area contributed by atoms with Crippen LogP contribution in [0, 0.1) is 0 Å². The molecule has 5 heteroatoms. The van der Waals surface area contributed by atoms with Gasteiger partial charge in [0.05, 0.1) is 0 Å². The minimum atomic E-state index is -2.57. The minimum Gasteiger partial charge on any atom is -0.326 e. The standard InChI is InChI=1S/C7H7BrF2N2/c8-5-1-2-12-6(7(9)10)4(5)3-11/h1-2,7H,3,11H2. The molecule has 1 aromatic heterocycles. The number of pyridine rings is 1. The number of hydrogen-bond donors (Lipinski definition) is 1. The predicted octanol–water partition coefficient (Wildman–Crippen LogP) is 2.24. The van der Waals surface area contributed by atoms with Crippen LogP contribution in [-0.4, -0.2) is 4.98 Å². The van der Waals surface area contributed by atoms with Crippen molar-refractivity contribution in [2.45, 2.75) is 13.0 Å². The maximum absolute atomic E-state index is 12.3. The van der Waals surface area contributed by atoms with Gasteiger partial charge in [-0.05, 0) is 6.07 Å². The van der Waals surface area contributed by atoms with Gasteiger partial charge in [-0.15, -0.1) is 0 Å². The van der Waals surface area contributed by atoms with E-state index in [1.165, 1.54) is 6.20 Å². The largest absolute Gasteiger partial charge is 0.326 e. The van der Waals surface area contributed by atoms with E-state index in [9.17, 15) is 8.78 Å². The van der Waals surface area contributed by atoms with Crippen molar-refractivity contribution >= 4 is 15.9 Å². The molecule has 12 heavy (non-hydrogen) atoms. The molecule has 0 aromatic carbocycles. The fraction of sp³-hybridized carbons (Fsp3) is 0.286. The Kier molecular flexibility index (Phi) is 3.11. The zero-order chi connectivity index (χ0) is 9.14. The lowest BCUT2D eigenvalue weighted by molar-refractivity contribution is 0.144. The summed E-state index contributed by atoms with van der Waals surface area (Å²) in [5.41, 5.74) is 5.41. The Balaban J connectivity index is 3.18. The number of halogens is 3. The summed E-state index contributed by atoms with van der Waals surface area (Å²) >= 11 is 3.12. The van der Waals surface area contributed by atoms with E-state index in [2.05, 4.69) is 20.9 Å². The Morgan fingerprint density at radius 3 is 2.67 bits per heavy atom. The summed E-state index contributed by atoms with van der Waals surface area (Å²) < 4.78 is 25.1. The molecule has 0 aliphatic carbocycles. The Morgan fingerprint density at radius 1 is 1.58 bits per heavy atom. The molecule has 2 nitrogen and oxygen atoms in total. The first-order valence-electron chi connectivity index (χ1n) is 3.28. The van der Waals surface area contributed by atoms with Crippen molar-refractivity contribution in [3.05, 3.63) is 28.0 Å². The third-order valence-corrected chi connectivity index (χ3v) is 2.19. The number of nitrogens with zero attached hydrogens (tertiary/aromatic N) is 1. The van der Waals surface area contributed by atoms with Crippen LogP contribution in [0.15, 0.2) is 16.7 Å². The van der Waals surface area contributed by atoms with E-state index in [-0.39, 0.29) is 12.2 Å². The van der Waals surface area contributed by atoms with Gasteiger partial charge in [0, 0.05) is 22.8 Å². The lowest BCUT2D eigenvalue weighted by Gasteiger charge is -2.06. The first-order chi connectivity index (χ1) is 5.66. The van der Waals surface area contributed by atoms with Crippen molar-refractivity contribution in [3.8, 4) is 0 Å². The summed E-state index contributed by atoms with van der Waals surface area (Å²) in [7, 11) is 0. The number of alkyl halides is 2. The van der Waals surface area contributed by atoms with Gasteiger partial charge in [0.2, 0.25) is 0 Å². The summed E-state index contributed by atoms with van der Waals surface area (Å²) in [6.45, 7) is 0.0636. The van der Waals surface area contributed by atoms with Crippen molar-refractivity contribution in [2.75, 3.05) is 0 Å². The maximum atomic E-state index is 12.3. The average Bonchev–Trinajstić information content (AvgIpc) is 2.03. The quantitative estimate of drug-likeness (QED) is 0.856. The first-order valence-corrected chi connectivity index (χ1v) is 4.07. The van der Waals surface area contributed by atoms with E-state index in [4.69, 9.17) is 5.73 Å². The second kappa shape index (κ2) is 3.91. The van der Waals surface area contributed by atoms with Gasteiger partial charge in [0.1, 0.15) is 5.69 Å². The molecule has 0 fully saturated rings. The molecular formula is C7H7BrF2N2. The fourth-order valence-electron chi connectivity index (χ4n) is 0.874. The maximum Gasteiger partial charge on any atom is 0.280 e. The highest BCUT2D eigenvalue weighted by atomic mass is 79.9. The van der Waals surface area contributed by atoms with Crippen LogP contribution in [0.5, 0.6) is 0 Å². The zero-order valence-electron chi connectivity index (χ0n) is 6.10. The van der Waals surface area contributed by atoms with Crippen LogP contribution in [0.3, 0.4) is 0 Å². The Bertz CT molecular complexity index is 278. The van der Waals surface area contributed by atoms with Gasteiger partial charge in [-0.25, -0.2) is 8.78 Å². The van der Waals surface area contributed by atoms with Gasteiger partial charge in [-0.1, -0.05) is 15.9 Å². The van der Waals surface area contributed by atoms with Crippen molar-refractivity contribution in [1.82, 2.24) is 4.98 Å². The van der Waals surface area contributed by atoms with Crippen LogP contribution < -0.4 is 5.73 Å². The van der Waals surface area contributed by atoms with E-state index in [1.807, 2.05) is 0 Å². The van der Waals surface area contributed by atoms with Crippen LogP contribution in [0.1, 0.15) is 17.7 Å². The molecule has 0 radical (unpaired) electrons. The number of hydrogen-bond acceptors (Lipinski definition) is 2. The van der Waals surface area contributed by atoms with Crippen molar-refractivity contribution in [1.29, 1.82) is 0 Å². The highest BCUT2D eigenvalue weighted by Gasteiger charge is 2.15. The molecule has 1 rings (SSSR count). The topological polar surface area (TPSA) is 38.9 Å². The van der Waals surface area contributed by atoms with E-state index in [0.717, 1.165) is 0 Å². The Labute approximate surface area is 76.9 Å². The molecular weight excluding hydrogens is 230 g/mol. The minimum absolute atomic E-state index is 0.0636. The second-order valence-electron chi connectivity index (χ2n) is 2.16. The van der Waals surface area contributed by atoms with Crippen LogP contribution in [0.4, 0.5) is 8.78 Å². The third kappa shape index (κ3) is 1.78. The monoisotopic (exact) mass is 236 g/mol. The highest BCUT2D eigenvalue weighted by Crippen LogP contribution is 2.25. The molecule has 0 aliphatic heterocycles. The second-order valence-corrected chi connectivity index (χ2v) is 3.02. The molecule has 0 aliphatic rings. The molecule has 0 unspecified atom stereocenters. The van der Waals surface area contributed by atoms with Gasteiger partial charge in [-0.2, -0.15) is 0 Å². The van der Waals surface area contributed by atoms with Crippen LogP contribution in [-0.2, 0) is 6.54 Å². The summed E-state index contributed by atoms with van der Waals surface area (Å²) in [5, 5.41) is 0. The van der Waals surface area contributed by atoms with Crippen molar-refractivity contribution in [3.63, 3.8) is 0 Å². The van der Waals surface area contributed by atoms with Crippen LogP contribution >= 0.6 is 15.9 Å². The van der Waals surface area contributed by atoms with Crippen LogP contribution in [0.25, 0.3) is 0 Å². The molecule has 0 spiro atoms. The molecule has 0 saturated heterocycles. The summed E-state index contributed by atoms with van der Waals surface area (Å²) in [5.74, 6) is 0. The van der Waals surface area contributed by atoms with Gasteiger partial charge in [0.15, 0.2) is 0 Å². The van der Waals surface area contributed by atoms with Gasteiger partial charge >= 0.3 is 0 Å². The number of nitrogens with two attached hydrogens (primary N) is 1. The average molecular weight is 237 g/mol. The Hall–Kier alpha value is -0.550. The smallest absolute Gasteiger partial charge is 0.280 e. The molecule has 0 saturated carbocycles. The molecule has 2 N–H and O–H groups in total. The lowest BCUT2D eigenvalue weighted by atomic mass is 10.2. The summed E-state index contributed by atoms with van der Waals surface area (Å²) in [6, 6.07) is 1.59. The first kappa shape index (κ1) is 9.54. The van der Waals surface area contributed by atoms with Crippen molar-refractivity contribution in [2.24, 2.45) is 5.73 Å². The summed E-state index contributed by atoms with van der Waals surface area (Å²) in [4.78, 5) is 3.55. The van der Waals surface area contributed by atoms with Crippen molar-refractivity contribution < 1.29 is 8.78 Å². The molecule has 0 atom stereocenters. The highest BCUT2D eigenvalue weighted by molar-refractivity contribution is 9.10. The van der Waals surface area contributed by atoms with Gasteiger partial charge in [-0.3, -0.25) is 4.98 Å². The molecule has 0 amide bonds. The third-order valence-electron chi connectivity index (χ3n) is 1.44.